The van der Waals surface area contributed by atoms with Crippen LogP contribution in [-0.4, -0.2) is 64.0 Å². The van der Waals surface area contributed by atoms with Gasteiger partial charge in [0.2, 0.25) is 0 Å². The van der Waals surface area contributed by atoms with Gasteiger partial charge in [0.15, 0.2) is 0 Å². The maximum absolute atomic E-state index is 9.89. The number of aldehydes is 2. The van der Waals surface area contributed by atoms with E-state index in [4.69, 9.17) is 0 Å². The van der Waals surface area contributed by atoms with Crippen LogP contribution in [0.1, 0.15) is 44.9 Å². The summed E-state index contributed by atoms with van der Waals surface area (Å²) < 4.78 is 0. The molecule has 0 heterocycles. The van der Waals surface area contributed by atoms with Gasteiger partial charge in [0.05, 0.1) is 0 Å². The van der Waals surface area contributed by atoms with Gasteiger partial charge in [0.25, 0.3) is 0 Å². The van der Waals surface area contributed by atoms with Gasteiger partial charge in [-0.15, -0.1) is 0 Å². The number of rotatable bonds is 8. The predicted octanol–water partition coefficient (Wildman–Crippen LogP) is 1.47. The Hall–Kier alpha value is 0.976. The minimum atomic E-state index is 0. The van der Waals surface area contributed by atoms with E-state index in [-0.39, 0.29) is 51.4 Å². The third kappa shape index (κ3) is 13.6. The van der Waals surface area contributed by atoms with Crippen molar-refractivity contribution in [2.75, 3.05) is 0 Å². The summed E-state index contributed by atoms with van der Waals surface area (Å²) in [5, 5.41) is 0. The molecule has 0 bridgehead atoms. The molecule has 0 saturated heterocycles. The predicted molar refractivity (Wildman–Crippen MR) is 51.6 cm³/mol. The molecular formula is C9H17KO2. The third-order valence-electron chi connectivity index (χ3n) is 1.64. The van der Waals surface area contributed by atoms with Crippen LogP contribution in [0.3, 0.4) is 0 Å². The normalized spacial score (nSPS) is 8.67. The Balaban J connectivity index is 0. The maximum atomic E-state index is 9.89. The molecule has 0 fully saturated rings. The van der Waals surface area contributed by atoms with Gasteiger partial charge in [-0.05, 0) is 12.8 Å². The Labute approximate surface area is 117 Å². The first-order valence-corrected chi connectivity index (χ1v) is 4.29. The summed E-state index contributed by atoms with van der Waals surface area (Å²) >= 11 is 0. The molecule has 0 atom stereocenters. The second-order valence-corrected chi connectivity index (χ2v) is 2.68. The molecule has 0 radical (unpaired) electrons. The van der Waals surface area contributed by atoms with Crippen LogP contribution in [0.2, 0.25) is 0 Å². The van der Waals surface area contributed by atoms with Gasteiger partial charge in [-0.3, -0.25) is 0 Å². The molecular weight excluding hydrogens is 179 g/mol. The first-order valence-electron chi connectivity index (χ1n) is 4.29. The molecule has 0 spiro atoms. The molecule has 66 valence electrons. The standard InChI is InChI=1S/C9H16O2.K.H/c10-8-6-4-2-1-3-5-7-9-11;;/h8-9H,1-7H2;;. The summed E-state index contributed by atoms with van der Waals surface area (Å²) in [4.78, 5) is 19.8. The fraction of sp³-hybridized carbons (Fsp3) is 0.778. The van der Waals surface area contributed by atoms with E-state index in [1.54, 1.807) is 0 Å². The summed E-state index contributed by atoms with van der Waals surface area (Å²) in [5.74, 6) is 0. The van der Waals surface area contributed by atoms with Crippen molar-refractivity contribution >= 4 is 64.0 Å². The van der Waals surface area contributed by atoms with Crippen molar-refractivity contribution in [3.8, 4) is 0 Å². The van der Waals surface area contributed by atoms with Crippen molar-refractivity contribution in [2.45, 2.75) is 44.9 Å². The molecule has 0 N–H and O–H groups in total. The van der Waals surface area contributed by atoms with Crippen molar-refractivity contribution in [2.24, 2.45) is 0 Å². The number of unbranched alkanes of at least 4 members (excludes halogenated alkanes) is 6. The molecule has 0 aliphatic carbocycles. The van der Waals surface area contributed by atoms with Crippen LogP contribution in [0.5, 0.6) is 0 Å². The minimum absolute atomic E-state index is 0. The fourth-order valence-electron chi connectivity index (χ4n) is 0.986. The first-order chi connectivity index (χ1) is 5.41. The molecule has 0 saturated carbocycles. The van der Waals surface area contributed by atoms with E-state index in [9.17, 15) is 9.59 Å². The fourth-order valence-corrected chi connectivity index (χ4v) is 0.986. The van der Waals surface area contributed by atoms with E-state index < -0.39 is 0 Å². The number of carbonyl (C=O) groups excluding carboxylic acids is 2. The third-order valence-corrected chi connectivity index (χ3v) is 1.64. The van der Waals surface area contributed by atoms with E-state index in [1.165, 1.54) is 0 Å². The number of carbonyl (C=O) groups is 2. The molecule has 2 nitrogen and oxygen atoms in total. The van der Waals surface area contributed by atoms with E-state index in [1.807, 2.05) is 0 Å². The monoisotopic (exact) mass is 196 g/mol. The van der Waals surface area contributed by atoms with Gasteiger partial charge in [-0.2, -0.15) is 0 Å². The Kier molecular flexibility index (Phi) is 18.7. The second kappa shape index (κ2) is 14.5. The summed E-state index contributed by atoms with van der Waals surface area (Å²) in [5.41, 5.74) is 0. The summed E-state index contributed by atoms with van der Waals surface area (Å²) in [6, 6.07) is 0. The molecule has 0 aromatic rings. The van der Waals surface area contributed by atoms with Gasteiger partial charge in [0, 0.05) is 12.8 Å². The molecule has 0 aliphatic heterocycles. The first kappa shape index (κ1) is 15.4. The van der Waals surface area contributed by atoms with Crippen molar-refractivity contribution in [1.82, 2.24) is 0 Å². The van der Waals surface area contributed by atoms with Crippen molar-refractivity contribution in [3.63, 3.8) is 0 Å². The molecule has 0 amide bonds. The van der Waals surface area contributed by atoms with Gasteiger partial charge in [-0.1, -0.05) is 19.3 Å². The Morgan fingerprint density at radius 2 is 1.00 bits per heavy atom. The summed E-state index contributed by atoms with van der Waals surface area (Å²) in [7, 11) is 0. The zero-order valence-corrected chi connectivity index (χ0v) is 6.92. The SMILES string of the molecule is O=CCCCCCCCC=O.[KH]. The Morgan fingerprint density at radius 3 is 1.33 bits per heavy atom. The van der Waals surface area contributed by atoms with Crippen LogP contribution in [0.4, 0.5) is 0 Å². The average Bonchev–Trinajstić information content (AvgIpc) is 2.03. The van der Waals surface area contributed by atoms with Crippen LogP contribution in [0.15, 0.2) is 0 Å². The van der Waals surface area contributed by atoms with Crippen LogP contribution < -0.4 is 0 Å². The van der Waals surface area contributed by atoms with E-state index >= 15 is 0 Å². The summed E-state index contributed by atoms with van der Waals surface area (Å²) in [6.07, 6.45) is 8.71. The Morgan fingerprint density at radius 1 is 0.667 bits per heavy atom. The van der Waals surface area contributed by atoms with Crippen LogP contribution >= 0.6 is 0 Å². The molecule has 3 heteroatoms. The summed E-state index contributed by atoms with van der Waals surface area (Å²) in [6.45, 7) is 0. The van der Waals surface area contributed by atoms with Gasteiger partial charge in [-0.25, -0.2) is 0 Å². The van der Waals surface area contributed by atoms with Crippen molar-refractivity contribution in [1.29, 1.82) is 0 Å². The molecule has 12 heavy (non-hydrogen) atoms. The van der Waals surface area contributed by atoms with Crippen molar-refractivity contribution in [3.05, 3.63) is 0 Å². The quantitative estimate of drug-likeness (QED) is 0.335. The second-order valence-electron chi connectivity index (χ2n) is 2.68. The molecule has 0 rings (SSSR count). The van der Waals surface area contributed by atoms with E-state index in [0.717, 1.165) is 44.7 Å². The average molecular weight is 196 g/mol. The van der Waals surface area contributed by atoms with Crippen LogP contribution in [-0.2, 0) is 9.59 Å². The van der Waals surface area contributed by atoms with Crippen LogP contribution in [0.25, 0.3) is 0 Å². The molecule has 0 aromatic heterocycles. The topological polar surface area (TPSA) is 34.1 Å². The zero-order valence-electron chi connectivity index (χ0n) is 6.92. The van der Waals surface area contributed by atoms with Gasteiger partial charge >= 0.3 is 51.4 Å². The molecule has 0 aromatic carbocycles. The zero-order chi connectivity index (χ0) is 8.36. The number of hydrogen-bond acceptors (Lipinski definition) is 2. The molecule has 0 unspecified atom stereocenters. The van der Waals surface area contributed by atoms with E-state index in [2.05, 4.69) is 0 Å². The van der Waals surface area contributed by atoms with Crippen LogP contribution in [0, 0.1) is 0 Å². The van der Waals surface area contributed by atoms with Crippen molar-refractivity contribution < 1.29 is 9.59 Å². The Bertz CT molecular complexity index is 92.7. The van der Waals surface area contributed by atoms with Gasteiger partial charge < -0.3 is 9.59 Å². The van der Waals surface area contributed by atoms with E-state index in [0.29, 0.717) is 12.8 Å². The molecule has 0 aliphatic rings. The van der Waals surface area contributed by atoms with Gasteiger partial charge in [0.1, 0.15) is 12.6 Å². The number of hydrogen-bond donors (Lipinski definition) is 0.